The van der Waals surface area contributed by atoms with Crippen LogP contribution in [0.1, 0.15) is 55.7 Å². The van der Waals surface area contributed by atoms with Gasteiger partial charge in [-0.1, -0.05) is 36.4 Å². The first kappa shape index (κ1) is 30.2. The lowest BCUT2D eigenvalue weighted by Gasteiger charge is -2.31. The van der Waals surface area contributed by atoms with E-state index in [-0.39, 0.29) is 30.1 Å². The van der Waals surface area contributed by atoms with Crippen LogP contribution in [0.4, 0.5) is 0 Å². The second-order valence-corrected chi connectivity index (χ2v) is 10.5. The number of carboxylic acids is 1. The van der Waals surface area contributed by atoms with E-state index in [2.05, 4.69) is 15.3 Å². The summed E-state index contributed by atoms with van der Waals surface area (Å²) in [5.41, 5.74) is 15.8. The van der Waals surface area contributed by atoms with Crippen molar-refractivity contribution >= 4 is 17.7 Å². The molecule has 7 N–H and O–H groups in total. The highest BCUT2D eigenvalue weighted by molar-refractivity contribution is 5.94. The quantitative estimate of drug-likeness (QED) is 0.172. The number of hydrogen-bond acceptors (Lipinski definition) is 7. The molecular formula is C32H35N5O5. The predicted molar refractivity (Wildman–Crippen MR) is 159 cm³/mol. The van der Waals surface area contributed by atoms with E-state index >= 15 is 0 Å². The Kier molecular flexibility index (Phi) is 8.89. The highest BCUT2D eigenvalue weighted by Gasteiger charge is 2.41. The second kappa shape index (κ2) is 12.4. The van der Waals surface area contributed by atoms with Crippen LogP contribution in [0, 0.1) is 13.8 Å². The Bertz CT molecular complexity index is 1610. The highest BCUT2D eigenvalue weighted by atomic mass is 16.5. The normalized spacial score (nSPS) is 13.3. The molecule has 2 unspecified atom stereocenters. The van der Waals surface area contributed by atoms with Gasteiger partial charge >= 0.3 is 5.97 Å². The average Bonchev–Trinajstić information content (AvgIpc) is 3.48. The average molecular weight is 570 g/mol. The van der Waals surface area contributed by atoms with Crippen molar-refractivity contribution in [2.75, 3.05) is 7.11 Å². The number of nitrogens with two attached hydrogens (primary N) is 2. The van der Waals surface area contributed by atoms with Crippen LogP contribution in [-0.4, -0.2) is 45.9 Å². The lowest BCUT2D eigenvalue weighted by molar-refractivity contribution is -0.127. The van der Waals surface area contributed by atoms with E-state index in [1.165, 1.54) is 13.2 Å². The number of methoxy groups -OCH3 is 1. The number of aromatic amines is 1. The lowest BCUT2D eigenvalue weighted by atomic mass is 9.85. The van der Waals surface area contributed by atoms with E-state index in [1.807, 2.05) is 44.2 Å². The molecule has 0 fully saturated rings. The summed E-state index contributed by atoms with van der Waals surface area (Å²) < 4.78 is 5.17. The molecule has 42 heavy (non-hydrogen) atoms. The Morgan fingerprint density at radius 2 is 1.74 bits per heavy atom. The van der Waals surface area contributed by atoms with Gasteiger partial charge in [0.2, 0.25) is 5.91 Å². The van der Waals surface area contributed by atoms with E-state index in [4.69, 9.17) is 16.2 Å². The van der Waals surface area contributed by atoms with Crippen LogP contribution < -0.4 is 21.5 Å². The number of benzene rings is 3. The van der Waals surface area contributed by atoms with E-state index in [1.54, 1.807) is 37.4 Å². The zero-order valence-corrected chi connectivity index (χ0v) is 24.0. The molecule has 0 saturated carbocycles. The molecule has 0 saturated heterocycles. The zero-order valence-electron chi connectivity index (χ0n) is 24.0. The lowest BCUT2D eigenvalue weighted by Crippen LogP contribution is -2.54. The van der Waals surface area contributed by atoms with Crippen molar-refractivity contribution in [3.05, 3.63) is 106 Å². The SMILES string of the molecule is COc1ccc(CNC(C)(C(=O)C(N)Cc2c(C)cc(C(N)=O)cc2C)c2ncc(-c3ccccc3)[nH]2)cc1C(=O)O. The largest absolute Gasteiger partial charge is 0.496 e. The molecule has 1 heterocycles. The van der Waals surface area contributed by atoms with Gasteiger partial charge in [0.15, 0.2) is 5.78 Å². The Morgan fingerprint density at radius 3 is 2.33 bits per heavy atom. The summed E-state index contributed by atoms with van der Waals surface area (Å²) in [5.74, 6) is -1.37. The van der Waals surface area contributed by atoms with Crippen molar-refractivity contribution < 1.29 is 24.2 Å². The molecule has 0 aliphatic heterocycles. The number of imidazole rings is 1. The smallest absolute Gasteiger partial charge is 0.339 e. The van der Waals surface area contributed by atoms with Gasteiger partial charge in [-0.15, -0.1) is 0 Å². The molecule has 0 aliphatic carbocycles. The van der Waals surface area contributed by atoms with Gasteiger partial charge in [0.05, 0.1) is 25.0 Å². The molecule has 1 amide bonds. The molecule has 2 atom stereocenters. The van der Waals surface area contributed by atoms with E-state index in [9.17, 15) is 19.5 Å². The van der Waals surface area contributed by atoms with E-state index < -0.39 is 23.5 Å². The van der Waals surface area contributed by atoms with Gasteiger partial charge in [-0.05, 0) is 79.3 Å². The first-order valence-electron chi connectivity index (χ1n) is 13.4. The van der Waals surface area contributed by atoms with Crippen molar-refractivity contribution in [2.24, 2.45) is 11.5 Å². The molecule has 10 nitrogen and oxygen atoms in total. The maximum absolute atomic E-state index is 14.2. The van der Waals surface area contributed by atoms with Crippen molar-refractivity contribution in [3.63, 3.8) is 0 Å². The van der Waals surface area contributed by atoms with Gasteiger partial charge in [0, 0.05) is 12.1 Å². The maximum atomic E-state index is 14.2. The monoisotopic (exact) mass is 569 g/mol. The number of carboxylic acid groups (broad SMARTS) is 1. The summed E-state index contributed by atoms with van der Waals surface area (Å²) in [6.07, 6.45) is 1.89. The summed E-state index contributed by atoms with van der Waals surface area (Å²) in [6, 6.07) is 16.9. The first-order chi connectivity index (χ1) is 19.9. The van der Waals surface area contributed by atoms with Crippen molar-refractivity contribution in [3.8, 4) is 17.0 Å². The fraction of sp³-hybridized carbons (Fsp3) is 0.250. The molecule has 3 aromatic carbocycles. The second-order valence-electron chi connectivity index (χ2n) is 10.5. The molecule has 0 aliphatic rings. The van der Waals surface area contributed by atoms with Crippen molar-refractivity contribution in [1.82, 2.24) is 15.3 Å². The van der Waals surface area contributed by atoms with Crippen molar-refractivity contribution in [2.45, 2.75) is 45.3 Å². The van der Waals surface area contributed by atoms with Crippen LogP contribution in [0.15, 0.2) is 66.9 Å². The summed E-state index contributed by atoms with van der Waals surface area (Å²) >= 11 is 0. The molecule has 0 spiro atoms. The number of primary amides is 1. The van der Waals surface area contributed by atoms with Gasteiger partial charge in [-0.2, -0.15) is 0 Å². The summed E-state index contributed by atoms with van der Waals surface area (Å²) in [6.45, 7) is 5.56. The highest BCUT2D eigenvalue weighted by Crippen LogP contribution is 2.28. The number of carbonyl (C=O) groups excluding carboxylic acids is 2. The molecule has 4 rings (SSSR count). The van der Waals surface area contributed by atoms with Gasteiger partial charge in [0.1, 0.15) is 22.7 Å². The van der Waals surface area contributed by atoms with Gasteiger partial charge < -0.3 is 26.3 Å². The zero-order chi connectivity index (χ0) is 30.6. The van der Waals surface area contributed by atoms with Gasteiger partial charge in [-0.3, -0.25) is 14.9 Å². The fourth-order valence-electron chi connectivity index (χ4n) is 5.08. The molecule has 0 bridgehead atoms. The first-order valence-corrected chi connectivity index (χ1v) is 13.4. The van der Waals surface area contributed by atoms with Crippen LogP contribution in [0.2, 0.25) is 0 Å². The third kappa shape index (κ3) is 6.24. The maximum Gasteiger partial charge on any atom is 0.339 e. The number of rotatable bonds is 12. The minimum atomic E-state index is -1.37. The van der Waals surface area contributed by atoms with Crippen LogP contribution in [-0.2, 0) is 23.3 Å². The Labute approximate surface area is 244 Å². The third-order valence-electron chi connectivity index (χ3n) is 7.51. The van der Waals surface area contributed by atoms with Crippen LogP contribution in [0.25, 0.3) is 11.3 Å². The van der Waals surface area contributed by atoms with Crippen LogP contribution >= 0.6 is 0 Å². The number of aromatic carboxylic acids is 1. The number of Topliss-reactive ketones (excluding diaryl/α,β-unsaturated/α-hetero) is 1. The Morgan fingerprint density at radius 1 is 1.07 bits per heavy atom. The standard InChI is InChI=1S/C32H35N5O5/c1-18-12-22(29(34)39)13-19(2)23(18)15-25(33)28(38)32(3,31-35-17-26(37-31)21-8-6-5-7-9-21)36-16-20-10-11-27(42-4)24(14-20)30(40)41/h5-14,17,25,36H,15-16,33H2,1-4H3,(H2,34,39)(H,35,37)(H,40,41). The minimum Gasteiger partial charge on any atom is -0.496 e. The van der Waals surface area contributed by atoms with Gasteiger partial charge in [-0.25, -0.2) is 9.78 Å². The Balaban J connectivity index is 1.69. The number of ether oxygens (including phenoxy) is 1. The summed E-state index contributed by atoms with van der Waals surface area (Å²) in [4.78, 5) is 45.5. The van der Waals surface area contributed by atoms with Crippen molar-refractivity contribution in [1.29, 1.82) is 0 Å². The molecule has 0 radical (unpaired) electrons. The number of nitrogens with one attached hydrogen (secondary N) is 2. The number of carbonyl (C=O) groups is 3. The number of aromatic nitrogens is 2. The molecule has 4 aromatic rings. The Hall–Kier alpha value is -4.80. The number of nitrogens with zero attached hydrogens (tertiary/aromatic N) is 1. The fourth-order valence-corrected chi connectivity index (χ4v) is 5.08. The number of amides is 1. The number of hydrogen-bond donors (Lipinski definition) is 5. The van der Waals surface area contributed by atoms with Gasteiger partial charge in [0.25, 0.3) is 0 Å². The molecule has 10 heteroatoms. The molecule has 218 valence electrons. The van der Waals surface area contributed by atoms with E-state index in [0.29, 0.717) is 17.0 Å². The number of aryl methyl sites for hydroxylation is 2. The van der Waals surface area contributed by atoms with E-state index in [0.717, 1.165) is 27.9 Å². The summed E-state index contributed by atoms with van der Waals surface area (Å²) in [7, 11) is 1.41. The third-order valence-corrected chi connectivity index (χ3v) is 7.51. The summed E-state index contributed by atoms with van der Waals surface area (Å²) in [5, 5.41) is 12.9. The topological polar surface area (TPSA) is 173 Å². The predicted octanol–water partition coefficient (Wildman–Crippen LogP) is 3.64. The number of H-pyrrole nitrogens is 1. The molecular weight excluding hydrogens is 534 g/mol. The minimum absolute atomic E-state index is 0.0104. The molecule has 1 aromatic heterocycles. The van der Waals surface area contributed by atoms with Crippen LogP contribution in [0.5, 0.6) is 5.75 Å². The number of ketones is 1. The van der Waals surface area contributed by atoms with Crippen LogP contribution in [0.3, 0.4) is 0 Å².